The first-order chi connectivity index (χ1) is 10.7. The lowest BCUT2D eigenvalue weighted by atomic mass is 10.1. The topological polar surface area (TPSA) is 51.2 Å². The van der Waals surface area contributed by atoms with E-state index in [4.69, 9.17) is 14.2 Å². The average Bonchev–Trinajstić information content (AvgIpc) is 2.99. The van der Waals surface area contributed by atoms with Crippen LogP contribution in [0.2, 0.25) is 0 Å². The number of aliphatic hydroxyl groups is 1. The van der Waals surface area contributed by atoms with Gasteiger partial charge in [0.05, 0.1) is 26.9 Å². The van der Waals surface area contributed by atoms with Crippen molar-refractivity contribution < 1.29 is 19.3 Å². The fourth-order valence-electron chi connectivity index (χ4n) is 3.66. The monoisotopic (exact) mass is 307 g/mol. The lowest BCUT2D eigenvalue weighted by molar-refractivity contribution is -0.0590. The molecule has 0 amide bonds. The predicted octanol–water partition coefficient (Wildman–Crippen LogP) is 1.68. The molecule has 0 radical (unpaired) electrons. The van der Waals surface area contributed by atoms with E-state index in [1.807, 2.05) is 6.07 Å². The molecule has 0 unspecified atom stereocenters. The molecule has 3 atom stereocenters. The van der Waals surface area contributed by atoms with Gasteiger partial charge in [-0.25, -0.2) is 0 Å². The molecule has 22 heavy (non-hydrogen) atoms. The molecule has 1 heterocycles. The highest BCUT2D eigenvalue weighted by molar-refractivity contribution is 5.38. The molecule has 1 saturated heterocycles. The second-order valence-electron chi connectivity index (χ2n) is 6.19. The van der Waals surface area contributed by atoms with Crippen LogP contribution in [0, 0.1) is 5.92 Å². The Balaban J connectivity index is 1.74. The average molecular weight is 307 g/mol. The molecule has 3 rings (SSSR count). The molecule has 0 spiro atoms. The van der Waals surface area contributed by atoms with Gasteiger partial charge in [-0.3, -0.25) is 4.90 Å². The Kier molecular flexibility index (Phi) is 4.86. The zero-order chi connectivity index (χ0) is 15.5. The Labute approximate surface area is 131 Å². The van der Waals surface area contributed by atoms with Gasteiger partial charge in [-0.05, 0) is 36.5 Å². The first-order valence-electron chi connectivity index (χ1n) is 7.92. The number of hydrogen-bond acceptors (Lipinski definition) is 5. The van der Waals surface area contributed by atoms with Gasteiger partial charge in [0.2, 0.25) is 0 Å². The minimum absolute atomic E-state index is 0.261. The minimum atomic E-state index is 0.261. The summed E-state index contributed by atoms with van der Waals surface area (Å²) in [6.45, 7) is 2.81. The number of nitrogens with zero attached hydrogens (tertiary/aromatic N) is 1. The summed E-state index contributed by atoms with van der Waals surface area (Å²) < 4.78 is 16.6. The molecule has 1 aromatic carbocycles. The highest BCUT2D eigenvalue weighted by atomic mass is 16.5. The van der Waals surface area contributed by atoms with Crippen molar-refractivity contribution in [1.29, 1.82) is 0 Å². The molecule has 1 aliphatic heterocycles. The first-order valence-corrected chi connectivity index (χ1v) is 7.92. The largest absolute Gasteiger partial charge is 0.497 e. The molecule has 5 nitrogen and oxygen atoms in total. The second-order valence-corrected chi connectivity index (χ2v) is 6.19. The number of methoxy groups -OCH3 is 2. The van der Waals surface area contributed by atoms with Crippen LogP contribution in [-0.4, -0.2) is 56.1 Å². The quantitative estimate of drug-likeness (QED) is 0.897. The summed E-state index contributed by atoms with van der Waals surface area (Å²) in [6, 6.07) is 6.42. The van der Waals surface area contributed by atoms with Crippen LogP contribution in [0.1, 0.15) is 18.4 Å². The van der Waals surface area contributed by atoms with Gasteiger partial charge in [0.25, 0.3) is 0 Å². The molecule has 1 aromatic rings. The molecule has 2 fully saturated rings. The van der Waals surface area contributed by atoms with Gasteiger partial charge in [-0.2, -0.15) is 0 Å². The lowest BCUT2D eigenvalue weighted by Gasteiger charge is -2.37. The van der Waals surface area contributed by atoms with Crippen LogP contribution in [0.3, 0.4) is 0 Å². The van der Waals surface area contributed by atoms with E-state index in [2.05, 4.69) is 17.0 Å². The summed E-state index contributed by atoms with van der Waals surface area (Å²) in [5.74, 6) is 2.01. The Hall–Kier alpha value is -1.30. The number of fused-ring (bicyclic) bond motifs is 1. The van der Waals surface area contributed by atoms with Crippen molar-refractivity contribution >= 4 is 0 Å². The SMILES string of the molecule is COc1cc(CN2CCO[C@H]3C[C@H](CO)C[C@@H]32)cc(OC)c1. The maximum atomic E-state index is 9.42. The summed E-state index contributed by atoms with van der Waals surface area (Å²) in [5, 5.41) is 9.42. The molecule has 1 aliphatic carbocycles. The van der Waals surface area contributed by atoms with Gasteiger partial charge in [0.1, 0.15) is 11.5 Å². The summed E-state index contributed by atoms with van der Waals surface area (Å²) in [4.78, 5) is 2.47. The van der Waals surface area contributed by atoms with Gasteiger partial charge >= 0.3 is 0 Å². The van der Waals surface area contributed by atoms with Crippen molar-refractivity contribution in [2.45, 2.75) is 31.5 Å². The van der Waals surface area contributed by atoms with Gasteiger partial charge in [0.15, 0.2) is 0 Å². The fraction of sp³-hybridized carbons (Fsp3) is 0.647. The zero-order valence-corrected chi connectivity index (χ0v) is 13.3. The Morgan fingerprint density at radius 3 is 2.55 bits per heavy atom. The van der Waals surface area contributed by atoms with Gasteiger partial charge in [0, 0.05) is 31.8 Å². The minimum Gasteiger partial charge on any atom is -0.497 e. The normalized spacial score (nSPS) is 28.4. The third-order valence-electron chi connectivity index (χ3n) is 4.80. The van der Waals surface area contributed by atoms with E-state index in [-0.39, 0.29) is 12.7 Å². The Morgan fingerprint density at radius 1 is 1.18 bits per heavy atom. The second kappa shape index (κ2) is 6.86. The summed E-state index contributed by atoms with van der Waals surface area (Å²) in [7, 11) is 3.35. The van der Waals surface area contributed by atoms with E-state index in [0.717, 1.165) is 44.0 Å². The summed E-state index contributed by atoms with van der Waals surface area (Å²) in [6.07, 6.45) is 2.25. The predicted molar refractivity (Wildman–Crippen MR) is 83.3 cm³/mol. The molecule has 1 saturated carbocycles. The molecule has 5 heteroatoms. The molecular formula is C17H25NO4. The number of ether oxygens (including phenoxy) is 3. The fourth-order valence-corrected chi connectivity index (χ4v) is 3.66. The standard InChI is InChI=1S/C17H25NO4/c1-20-14-5-12(6-15(9-14)21-2)10-18-3-4-22-17-8-13(11-19)7-16(17)18/h5-6,9,13,16-17,19H,3-4,7-8,10-11H2,1-2H3/t13-,16+,17+/m1/s1. The van der Waals surface area contributed by atoms with Crippen molar-refractivity contribution in [2.24, 2.45) is 5.92 Å². The van der Waals surface area contributed by atoms with E-state index >= 15 is 0 Å². The number of aliphatic hydroxyl groups excluding tert-OH is 1. The Bertz CT molecular complexity index is 485. The highest BCUT2D eigenvalue weighted by Gasteiger charge is 2.40. The van der Waals surface area contributed by atoms with Crippen LogP contribution in [0.15, 0.2) is 18.2 Å². The molecule has 0 bridgehead atoms. The zero-order valence-electron chi connectivity index (χ0n) is 13.3. The van der Waals surface area contributed by atoms with Crippen LogP contribution in [0.25, 0.3) is 0 Å². The van der Waals surface area contributed by atoms with E-state index in [1.54, 1.807) is 14.2 Å². The summed E-state index contributed by atoms with van der Waals surface area (Å²) >= 11 is 0. The van der Waals surface area contributed by atoms with Crippen LogP contribution in [0.5, 0.6) is 11.5 Å². The van der Waals surface area contributed by atoms with Crippen molar-refractivity contribution in [1.82, 2.24) is 4.90 Å². The maximum absolute atomic E-state index is 9.42. The summed E-state index contributed by atoms with van der Waals surface area (Å²) in [5.41, 5.74) is 1.18. The Morgan fingerprint density at radius 2 is 1.91 bits per heavy atom. The third-order valence-corrected chi connectivity index (χ3v) is 4.80. The molecular weight excluding hydrogens is 282 g/mol. The molecule has 1 N–H and O–H groups in total. The van der Waals surface area contributed by atoms with Gasteiger partial charge < -0.3 is 19.3 Å². The van der Waals surface area contributed by atoms with Crippen molar-refractivity contribution in [2.75, 3.05) is 34.0 Å². The number of morpholine rings is 1. The smallest absolute Gasteiger partial charge is 0.122 e. The van der Waals surface area contributed by atoms with Crippen LogP contribution >= 0.6 is 0 Å². The maximum Gasteiger partial charge on any atom is 0.122 e. The van der Waals surface area contributed by atoms with E-state index in [1.165, 1.54) is 5.56 Å². The molecule has 0 aromatic heterocycles. The van der Waals surface area contributed by atoms with Gasteiger partial charge in [-0.15, -0.1) is 0 Å². The van der Waals surface area contributed by atoms with Crippen molar-refractivity contribution in [3.63, 3.8) is 0 Å². The van der Waals surface area contributed by atoms with Gasteiger partial charge in [-0.1, -0.05) is 0 Å². The van der Waals surface area contributed by atoms with Crippen LogP contribution < -0.4 is 9.47 Å². The molecule has 2 aliphatic rings. The van der Waals surface area contributed by atoms with Crippen LogP contribution in [0.4, 0.5) is 0 Å². The van der Waals surface area contributed by atoms with E-state index in [9.17, 15) is 5.11 Å². The van der Waals surface area contributed by atoms with E-state index in [0.29, 0.717) is 12.0 Å². The van der Waals surface area contributed by atoms with Crippen LogP contribution in [-0.2, 0) is 11.3 Å². The highest BCUT2D eigenvalue weighted by Crippen LogP contribution is 2.35. The first kappa shape index (κ1) is 15.6. The lowest BCUT2D eigenvalue weighted by Crippen LogP contribution is -2.47. The number of rotatable bonds is 5. The number of hydrogen-bond donors (Lipinski definition) is 1. The molecule has 122 valence electrons. The van der Waals surface area contributed by atoms with Crippen molar-refractivity contribution in [3.8, 4) is 11.5 Å². The number of benzene rings is 1. The third kappa shape index (κ3) is 3.21. The van der Waals surface area contributed by atoms with E-state index < -0.39 is 0 Å². The van der Waals surface area contributed by atoms with Crippen molar-refractivity contribution in [3.05, 3.63) is 23.8 Å².